The summed E-state index contributed by atoms with van der Waals surface area (Å²) in [5.74, 6) is -0.395. The van der Waals surface area contributed by atoms with E-state index in [1.807, 2.05) is 42.5 Å². The lowest BCUT2D eigenvalue weighted by Gasteiger charge is -2.28. The van der Waals surface area contributed by atoms with Crippen molar-refractivity contribution in [2.24, 2.45) is 5.92 Å². The number of rotatable bonds is 4. The fourth-order valence-electron chi connectivity index (χ4n) is 2.02. The van der Waals surface area contributed by atoms with Crippen molar-refractivity contribution in [3.63, 3.8) is 0 Å². The fourth-order valence-corrected chi connectivity index (χ4v) is 2.34. The van der Waals surface area contributed by atoms with Crippen molar-refractivity contribution in [2.75, 3.05) is 5.32 Å². The van der Waals surface area contributed by atoms with Crippen LogP contribution in [0.15, 0.2) is 42.5 Å². The van der Waals surface area contributed by atoms with Crippen molar-refractivity contribution >= 4 is 57.2 Å². The van der Waals surface area contributed by atoms with Crippen LogP contribution in [0.4, 0.5) is 5.69 Å². The predicted molar refractivity (Wildman–Crippen MR) is 94.6 cm³/mol. The van der Waals surface area contributed by atoms with Crippen molar-refractivity contribution < 1.29 is 4.79 Å². The molecule has 0 heterocycles. The number of hydrogen-bond acceptors (Lipinski definition) is 2. The Bertz CT molecular complexity index is 662. The number of fused-ring (bicyclic) bond motifs is 1. The third-order valence-corrected chi connectivity index (χ3v) is 3.88. The molecule has 3 nitrogen and oxygen atoms in total. The van der Waals surface area contributed by atoms with Gasteiger partial charge in [0.2, 0.25) is 9.70 Å². The average Bonchev–Trinajstić information content (AvgIpc) is 2.45. The van der Waals surface area contributed by atoms with Gasteiger partial charge in [-0.1, -0.05) is 85.0 Å². The van der Waals surface area contributed by atoms with E-state index in [0.29, 0.717) is 0 Å². The summed E-state index contributed by atoms with van der Waals surface area (Å²) in [5, 5.41) is 7.89. The molecule has 0 saturated carbocycles. The van der Waals surface area contributed by atoms with Crippen molar-refractivity contribution in [3.8, 4) is 0 Å². The molecule has 0 aliphatic heterocycles. The molecule has 0 saturated heterocycles. The van der Waals surface area contributed by atoms with E-state index < -0.39 is 9.96 Å². The van der Waals surface area contributed by atoms with Crippen LogP contribution < -0.4 is 10.6 Å². The predicted octanol–water partition coefficient (Wildman–Crippen LogP) is 4.72. The molecule has 22 heavy (non-hydrogen) atoms. The van der Waals surface area contributed by atoms with E-state index in [2.05, 4.69) is 10.6 Å². The summed E-state index contributed by atoms with van der Waals surface area (Å²) >= 11 is 18.0. The summed E-state index contributed by atoms with van der Waals surface area (Å²) in [5.41, 5.74) is 0.790. The maximum absolute atomic E-state index is 11.9. The number of benzene rings is 2. The lowest BCUT2D eigenvalue weighted by atomic mass is 10.1. The van der Waals surface area contributed by atoms with Crippen LogP contribution in [-0.4, -0.2) is 15.9 Å². The van der Waals surface area contributed by atoms with Crippen LogP contribution in [0.2, 0.25) is 0 Å². The molecule has 0 aromatic heterocycles. The normalized spacial score (nSPS) is 13.2. The minimum absolute atomic E-state index is 0.191. The van der Waals surface area contributed by atoms with Crippen LogP contribution in [0.1, 0.15) is 13.8 Å². The SMILES string of the molecule is CC(C)C(=O)N[C@@H](Nc1cccc2ccccc12)C(Cl)(Cl)Cl. The van der Waals surface area contributed by atoms with Crippen molar-refractivity contribution in [3.05, 3.63) is 42.5 Å². The van der Waals surface area contributed by atoms with E-state index in [9.17, 15) is 4.79 Å². The molecule has 6 heteroatoms. The molecule has 2 rings (SSSR count). The molecular formula is C16H17Cl3N2O. The van der Waals surface area contributed by atoms with E-state index in [-0.39, 0.29) is 11.8 Å². The number of carbonyl (C=O) groups excluding carboxylic acids is 1. The molecule has 0 unspecified atom stereocenters. The van der Waals surface area contributed by atoms with Gasteiger partial charge in [-0.25, -0.2) is 0 Å². The third kappa shape index (κ3) is 4.19. The van der Waals surface area contributed by atoms with E-state index >= 15 is 0 Å². The summed E-state index contributed by atoms with van der Waals surface area (Å²) in [4.78, 5) is 11.9. The second-order valence-electron chi connectivity index (χ2n) is 5.31. The van der Waals surface area contributed by atoms with Gasteiger partial charge in [0.05, 0.1) is 0 Å². The molecule has 1 amide bonds. The summed E-state index contributed by atoms with van der Waals surface area (Å²) in [6.07, 6.45) is -0.835. The number of halogens is 3. The highest BCUT2D eigenvalue weighted by Gasteiger charge is 2.34. The van der Waals surface area contributed by atoms with Crippen LogP contribution in [0.3, 0.4) is 0 Å². The molecule has 1 atom stereocenters. The van der Waals surface area contributed by atoms with Gasteiger partial charge in [-0.2, -0.15) is 0 Å². The molecule has 0 bridgehead atoms. The molecule has 0 aliphatic carbocycles. The Kier molecular flexibility index (Phi) is 5.43. The third-order valence-electron chi connectivity index (χ3n) is 3.23. The van der Waals surface area contributed by atoms with Gasteiger partial charge in [0.1, 0.15) is 6.17 Å². The monoisotopic (exact) mass is 358 g/mol. The lowest BCUT2D eigenvalue weighted by molar-refractivity contribution is -0.124. The Balaban J connectivity index is 2.31. The number of hydrogen-bond donors (Lipinski definition) is 2. The van der Waals surface area contributed by atoms with Crippen molar-refractivity contribution in [2.45, 2.75) is 23.8 Å². The average molecular weight is 360 g/mol. The molecule has 2 N–H and O–H groups in total. The molecule has 0 spiro atoms. The summed E-state index contributed by atoms with van der Waals surface area (Å²) in [6.45, 7) is 3.56. The second-order valence-corrected chi connectivity index (χ2v) is 7.68. The Morgan fingerprint density at radius 3 is 2.32 bits per heavy atom. The highest BCUT2D eigenvalue weighted by atomic mass is 35.6. The first-order chi connectivity index (χ1) is 10.3. The highest BCUT2D eigenvalue weighted by Crippen LogP contribution is 2.33. The molecule has 2 aromatic rings. The number of amides is 1. The van der Waals surface area contributed by atoms with Gasteiger partial charge in [0.15, 0.2) is 0 Å². The van der Waals surface area contributed by atoms with Gasteiger partial charge in [-0.05, 0) is 11.5 Å². The van der Waals surface area contributed by atoms with E-state index in [1.165, 1.54) is 0 Å². The Morgan fingerprint density at radius 2 is 1.68 bits per heavy atom. The lowest BCUT2D eigenvalue weighted by Crippen LogP contribution is -2.50. The van der Waals surface area contributed by atoms with Crippen LogP contribution in [0.25, 0.3) is 10.8 Å². The maximum atomic E-state index is 11.9. The van der Waals surface area contributed by atoms with Crippen molar-refractivity contribution in [1.82, 2.24) is 5.32 Å². The summed E-state index contributed by atoms with van der Waals surface area (Å²) in [6, 6.07) is 13.6. The highest BCUT2D eigenvalue weighted by molar-refractivity contribution is 6.68. The van der Waals surface area contributed by atoms with Gasteiger partial charge in [-0.15, -0.1) is 0 Å². The van der Waals surface area contributed by atoms with E-state index in [0.717, 1.165) is 16.5 Å². The Hall–Kier alpha value is -1.16. The quantitative estimate of drug-likeness (QED) is 0.612. The number of carbonyl (C=O) groups is 1. The van der Waals surface area contributed by atoms with E-state index in [1.54, 1.807) is 13.8 Å². The molecule has 2 aromatic carbocycles. The second kappa shape index (κ2) is 6.95. The standard InChI is InChI=1S/C16H17Cl3N2O/c1-10(2)14(22)21-15(16(17,18)19)20-13-9-5-7-11-6-3-4-8-12(11)13/h3-10,15,20H,1-2H3,(H,21,22)/t15-/m1/s1. The zero-order valence-electron chi connectivity index (χ0n) is 12.2. The molecular weight excluding hydrogens is 343 g/mol. The number of nitrogens with one attached hydrogen (secondary N) is 2. The first-order valence-corrected chi connectivity index (χ1v) is 8.04. The fraction of sp³-hybridized carbons (Fsp3) is 0.312. The molecule has 0 fully saturated rings. The van der Waals surface area contributed by atoms with Crippen LogP contribution in [0.5, 0.6) is 0 Å². The Labute approximate surface area is 144 Å². The topological polar surface area (TPSA) is 41.1 Å². The van der Waals surface area contributed by atoms with Crippen LogP contribution in [0, 0.1) is 5.92 Å². The van der Waals surface area contributed by atoms with Gasteiger partial charge in [0, 0.05) is 17.0 Å². The van der Waals surface area contributed by atoms with Crippen LogP contribution in [-0.2, 0) is 4.79 Å². The molecule has 118 valence electrons. The first-order valence-electron chi connectivity index (χ1n) is 6.90. The van der Waals surface area contributed by atoms with Gasteiger partial charge in [-0.3, -0.25) is 4.79 Å². The van der Waals surface area contributed by atoms with Gasteiger partial charge in [0.25, 0.3) is 0 Å². The molecule has 0 radical (unpaired) electrons. The minimum atomic E-state index is -1.68. The zero-order chi connectivity index (χ0) is 16.3. The largest absolute Gasteiger partial charge is 0.361 e. The first kappa shape index (κ1) is 17.2. The number of anilines is 1. The summed E-state index contributed by atoms with van der Waals surface area (Å²) < 4.78 is -1.68. The van der Waals surface area contributed by atoms with Crippen LogP contribution >= 0.6 is 34.8 Å². The zero-order valence-corrected chi connectivity index (χ0v) is 14.5. The van der Waals surface area contributed by atoms with Crippen molar-refractivity contribution in [1.29, 1.82) is 0 Å². The number of alkyl halides is 3. The minimum Gasteiger partial charge on any atom is -0.361 e. The smallest absolute Gasteiger partial charge is 0.228 e. The molecule has 0 aliphatic rings. The Morgan fingerprint density at radius 1 is 1.05 bits per heavy atom. The maximum Gasteiger partial charge on any atom is 0.228 e. The van der Waals surface area contributed by atoms with Gasteiger partial charge >= 0.3 is 0 Å². The summed E-state index contributed by atoms with van der Waals surface area (Å²) in [7, 11) is 0. The van der Waals surface area contributed by atoms with E-state index in [4.69, 9.17) is 34.8 Å². The van der Waals surface area contributed by atoms with Gasteiger partial charge < -0.3 is 10.6 Å².